The Kier molecular flexibility index (Phi) is 5.86. The fraction of sp³-hybridized carbons (Fsp3) is 0.562. The third kappa shape index (κ3) is 4.61. The Morgan fingerprint density at radius 3 is 2.76 bits per heavy atom. The smallest absolute Gasteiger partial charge is 0.365 e. The number of nitrogens with one attached hydrogen (secondary N) is 1. The van der Waals surface area contributed by atoms with Gasteiger partial charge in [0.15, 0.2) is 0 Å². The molecule has 0 bridgehead atoms. The average molecular weight is 359 g/mol. The van der Waals surface area contributed by atoms with Gasteiger partial charge < -0.3 is 10.2 Å². The first-order valence-electron chi connectivity index (χ1n) is 8.12. The van der Waals surface area contributed by atoms with Gasteiger partial charge in [-0.2, -0.15) is 13.2 Å². The van der Waals surface area contributed by atoms with Crippen molar-refractivity contribution < 1.29 is 22.9 Å². The first-order chi connectivity index (χ1) is 11.7. The molecule has 1 atom stereocenters. The lowest BCUT2D eigenvalue weighted by molar-refractivity contribution is -0.384. The fourth-order valence-corrected chi connectivity index (χ4v) is 2.92. The van der Waals surface area contributed by atoms with Gasteiger partial charge in [0.05, 0.1) is 16.4 Å². The number of piperidine rings is 1. The first kappa shape index (κ1) is 19.0. The number of hydrogen-bond donors (Lipinski definition) is 1. The molecule has 0 aliphatic carbocycles. The number of hydrogen-bond acceptors (Lipinski definition) is 4. The fourth-order valence-electron chi connectivity index (χ4n) is 2.92. The van der Waals surface area contributed by atoms with Crippen molar-refractivity contribution in [1.82, 2.24) is 5.32 Å². The van der Waals surface area contributed by atoms with E-state index < -0.39 is 22.4 Å². The summed E-state index contributed by atoms with van der Waals surface area (Å²) in [4.78, 5) is 24.2. The van der Waals surface area contributed by atoms with Gasteiger partial charge in [-0.25, -0.2) is 0 Å². The number of benzene rings is 1. The molecule has 1 saturated heterocycles. The zero-order valence-corrected chi connectivity index (χ0v) is 13.8. The van der Waals surface area contributed by atoms with Crippen LogP contribution >= 0.6 is 0 Å². The predicted molar refractivity (Wildman–Crippen MR) is 86.3 cm³/mol. The number of nitro groups is 1. The summed E-state index contributed by atoms with van der Waals surface area (Å²) in [6, 6.07) is 2.51. The van der Waals surface area contributed by atoms with Crippen molar-refractivity contribution in [3.63, 3.8) is 0 Å². The number of halogens is 3. The van der Waals surface area contributed by atoms with E-state index in [1.54, 1.807) is 4.90 Å². The number of carbonyl (C=O) groups is 1. The second-order valence-electron chi connectivity index (χ2n) is 6.03. The van der Waals surface area contributed by atoms with Crippen LogP contribution in [-0.4, -0.2) is 30.5 Å². The Bertz CT molecular complexity index is 649. The monoisotopic (exact) mass is 359 g/mol. The van der Waals surface area contributed by atoms with Gasteiger partial charge in [-0.05, 0) is 31.4 Å². The van der Waals surface area contributed by atoms with Crippen molar-refractivity contribution in [2.45, 2.75) is 32.4 Å². The van der Waals surface area contributed by atoms with Gasteiger partial charge in [0.2, 0.25) is 5.91 Å². The molecule has 0 radical (unpaired) electrons. The number of rotatable bonds is 5. The first-order valence-corrected chi connectivity index (χ1v) is 8.12. The van der Waals surface area contributed by atoms with E-state index in [2.05, 4.69) is 5.32 Å². The van der Waals surface area contributed by atoms with Crippen LogP contribution in [0.5, 0.6) is 0 Å². The number of nitro benzene ring substituents is 1. The van der Waals surface area contributed by atoms with Crippen molar-refractivity contribution in [2.24, 2.45) is 5.92 Å². The maximum absolute atomic E-state index is 12.8. The quantitative estimate of drug-likeness (QED) is 0.646. The van der Waals surface area contributed by atoms with Crippen LogP contribution in [0.25, 0.3) is 0 Å². The van der Waals surface area contributed by atoms with Crippen LogP contribution in [-0.2, 0) is 11.0 Å². The predicted octanol–water partition coefficient (Wildman–Crippen LogP) is 3.36. The normalized spacial score (nSPS) is 18.1. The molecular weight excluding hydrogens is 339 g/mol. The Balaban J connectivity index is 2.25. The van der Waals surface area contributed by atoms with E-state index >= 15 is 0 Å². The molecule has 0 aromatic heterocycles. The van der Waals surface area contributed by atoms with Crippen LogP contribution in [0.3, 0.4) is 0 Å². The van der Waals surface area contributed by atoms with Crippen molar-refractivity contribution in [1.29, 1.82) is 0 Å². The number of carbonyl (C=O) groups excluding carboxylic acids is 1. The summed E-state index contributed by atoms with van der Waals surface area (Å²) in [5.74, 6) is -0.455. The van der Waals surface area contributed by atoms with E-state index in [1.807, 2.05) is 6.92 Å². The van der Waals surface area contributed by atoms with Crippen LogP contribution in [0.15, 0.2) is 18.2 Å². The lowest BCUT2D eigenvalue weighted by atomic mass is 9.96. The van der Waals surface area contributed by atoms with Gasteiger partial charge in [-0.1, -0.05) is 6.92 Å². The van der Waals surface area contributed by atoms with Crippen molar-refractivity contribution in [3.8, 4) is 0 Å². The Morgan fingerprint density at radius 1 is 1.44 bits per heavy atom. The second-order valence-corrected chi connectivity index (χ2v) is 6.03. The standard InChI is InChI=1S/C16H20F3N3O3/c1-2-7-20-15(23)11-4-3-8-21(10-11)13-6-5-12(16(17,18)19)9-14(13)22(24)25/h5-6,9,11H,2-4,7-8,10H2,1H3,(H,20,23). The summed E-state index contributed by atoms with van der Waals surface area (Å²) in [5.41, 5.74) is -1.53. The highest BCUT2D eigenvalue weighted by Crippen LogP contribution is 2.37. The zero-order valence-electron chi connectivity index (χ0n) is 13.8. The molecule has 1 fully saturated rings. The summed E-state index contributed by atoms with van der Waals surface area (Å²) < 4.78 is 38.4. The van der Waals surface area contributed by atoms with Gasteiger partial charge in [-0.15, -0.1) is 0 Å². The summed E-state index contributed by atoms with van der Waals surface area (Å²) in [7, 11) is 0. The van der Waals surface area contributed by atoms with Crippen LogP contribution in [0, 0.1) is 16.0 Å². The highest BCUT2D eigenvalue weighted by Gasteiger charge is 2.35. The minimum Gasteiger partial charge on any atom is -0.365 e. The molecule has 0 spiro atoms. The molecule has 1 heterocycles. The molecule has 138 valence electrons. The molecule has 6 nitrogen and oxygen atoms in total. The summed E-state index contributed by atoms with van der Waals surface area (Å²) in [6.45, 7) is 3.19. The van der Waals surface area contributed by atoms with Gasteiger partial charge in [0.1, 0.15) is 5.69 Å². The van der Waals surface area contributed by atoms with Gasteiger partial charge >= 0.3 is 6.18 Å². The van der Waals surface area contributed by atoms with Crippen LogP contribution in [0.4, 0.5) is 24.5 Å². The lowest BCUT2D eigenvalue weighted by Crippen LogP contribution is -2.43. The molecular formula is C16H20F3N3O3. The van der Waals surface area contributed by atoms with Gasteiger partial charge in [0.25, 0.3) is 5.69 Å². The van der Waals surface area contributed by atoms with E-state index in [0.29, 0.717) is 32.0 Å². The summed E-state index contributed by atoms with van der Waals surface area (Å²) >= 11 is 0. The molecule has 9 heteroatoms. The summed E-state index contributed by atoms with van der Waals surface area (Å²) in [6.07, 6.45) is -2.55. The SMILES string of the molecule is CCCNC(=O)C1CCCN(c2ccc(C(F)(F)F)cc2[N+](=O)[O-])C1. The molecule has 1 aromatic carbocycles. The Labute approximate surface area is 143 Å². The zero-order chi connectivity index (χ0) is 18.6. The number of nitrogens with zero attached hydrogens (tertiary/aromatic N) is 2. The maximum atomic E-state index is 12.8. The largest absolute Gasteiger partial charge is 0.416 e. The molecule has 1 amide bonds. The second kappa shape index (κ2) is 7.71. The number of alkyl halides is 3. The highest BCUT2D eigenvalue weighted by atomic mass is 19.4. The van der Waals surface area contributed by atoms with Crippen molar-refractivity contribution >= 4 is 17.3 Å². The molecule has 1 aliphatic heterocycles. The van der Waals surface area contributed by atoms with Gasteiger partial charge in [-0.3, -0.25) is 14.9 Å². The number of amides is 1. The van der Waals surface area contributed by atoms with Crippen LogP contribution in [0.1, 0.15) is 31.7 Å². The van der Waals surface area contributed by atoms with E-state index in [4.69, 9.17) is 0 Å². The maximum Gasteiger partial charge on any atom is 0.416 e. The van der Waals surface area contributed by atoms with Crippen LogP contribution in [0.2, 0.25) is 0 Å². The van der Waals surface area contributed by atoms with Gasteiger partial charge in [0, 0.05) is 25.7 Å². The molecule has 0 saturated carbocycles. The third-order valence-corrected chi connectivity index (χ3v) is 4.18. The van der Waals surface area contributed by atoms with E-state index in [1.165, 1.54) is 0 Å². The Hall–Kier alpha value is -2.32. The van der Waals surface area contributed by atoms with E-state index in [0.717, 1.165) is 18.6 Å². The molecule has 25 heavy (non-hydrogen) atoms. The highest BCUT2D eigenvalue weighted by molar-refractivity contribution is 5.80. The van der Waals surface area contributed by atoms with Crippen molar-refractivity contribution in [3.05, 3.63) is 33.9 Å². The number of anilines is 1. The van der Waals surface area contributed by atoms with E-state index in [-0.39, 0.29) is 24.1 Å². The Morgan fingerprint density at radius 2 is 2.16 bits per heavy atom. The summed E-state index contributed by atoms with van der Waals surface area (Å²) in [5, 5.41) is 14.0. The molecule has 1 N–H and O–H groups in total. The average Bonchev–Trinajstić information content (AvgIpc) is 2.58. The van der Waals surface area contributed by atoms with Crippen LogP contribution < -0.4 is 10.2 Å². The van der Waals surface area contributed by atoms with E-state index in [9.17, 15) is 28.1 Å². The van der Waals surface area contributed by atoms with Crippen molar-refractivity contribution in [2.75, 3.05) is 24.5 Å². The minimum atomic E-state index is -4.65. The third-order valence-electron chi connectivity index (χ3n) is 4.18. The molecule has 2 rings (SSSR count). The molecule has 1 aliphatic rings. The molecule has 1 aromatic rings. The molecule has 1 unspecified atom stereocenters. The lowest BCUT2D eigenvalue weighted by Gasteiger charge is -2.33. The topological polar surface area (TPSA) is 75.5 Å². The minimum absolute atomic E-state index is 0.117.